The highest BCUT2D eigenvalue weighted by atomic mass is 127. The molecule has 0 bridgehead atoms. The number of hydrogen-bond acceptors (Lipinski definition) is 5. The highest BCUT2D eigenvalue weighted by Crippen LogP contribution is 2.32. The van der Waals surface area contributed by atoms with E-state index in [-0.39, 0.29) is 24.0 Å². The Balaban J connectivity index is 0.00000256. The number of hydrogen-bond donors (Lipinski definition) is 2. The quantitative estimate of drug-likeness (QED) is 0.345. The van der Waals surface area contributed by atoms with Gasteiger partial charge >= 0.3 is 0 Å². The van der Waals surface area contributed by atoms with E-state index in [2.05, 4.69) is 44.8 Å². The zero-order valence-electron chi connectivity index (χ0n) is 17.2. The van der Waals surface area contributed by atoms with Crippen LogP contribution in [0.3, 0.4) is 0 Å². The van der Waals surface area contributed by atoms with Crippen LogP contribution in [0.15, 0.2) is 47.5 Å². The Morgan fingerprint density at radius 3 is 2.50 bits per heavy atom. The van der Waals surface area contributed by atoms with Crippen LogP contribution in [0.2, 0.25) is 0 Å². The summed E-state index contributed by atoms with van der Waals surface area (Å²) in [5.41, 5.74) is 3.45. The van der Waals surface area contributed by atoms with Gasteiger partial charge in [-0.25, -0.2) is 0 Å². The van der Waals surface area contributed by atoms with Crippen LogP contribution >= 0.6 is 35.7 Å². The third kappa shape index (κ3) is 6.10. The molecular formula is C22H29IN4O2S. The van der Waals surface area contributed by atoms with Crippen molar-refractivity contribution in [1.82, 2.24) is 5.32 Å². The Kier molecular flexibility index (Phi) is 8.80. The van der Waals surface area contributed by atoms with Crippen LogP contribution in [-0.2, 0) is 6.54 Å². The van der Waals surface area contributed by atoms with E-state index in [4.69, 9.17) is 9.47 Å². The summed E-state index contributed by atoms with van der Waals surface area (Å²) in [6.45, 7) is 4.34. The molecule has 2 heterocycles. The van der Waals surface area contributed by atoms with Gasteiger partial charge in [0.05, 0.1) is 13.2 Å². The lowest BCUT2D eigenvalue weighted by molar-refractivity contribution is 0.297. The van der Waals surface area contributed by atoms with E-state index in [1.54, 1.807) is 7.05 Å². The molecule has 1 fully saturated rings. The SMILES string of the molecule is CN=C(NCc1ccc(N2CCSCC2)cc1)Nc1ccc2c(c1)OCCCO2.I. The van der Waals surface area contributed by atoms with Gasteiger partial charge in [-0.3, -0.25) is 4.99 Å². The topological polar surface area (TPSA) is 58.1 Å². The summed E-state index contributed by atoms with van der Waals surface area (Å²) in [5.74, 6) is 4.71. The van der Waals surface area contributed by atoms with Crippen molar-refractivity contribution in [1.29, 1.82) is 0 Å². The summed E-state index contributed by atoms with van der Waals surface area (Å²) in [4.78, 5) is 6.79. The fraction of sp³-hybridized carbons (Fsp3) is 0.409. The summed E-state index contributed by atoms with van der Waals surface area (Å²) >= 11 is 2.03. The molecule has 2 aromatic carbocycles. The van der Waals surface area contributed by atoms with Crippen LogP contribution in [0.4, 0.5) is 11.4 Å². The number of thioether (sulfide) groups is 1. The van der Waals surface area contributed by atoms with Gasteiger partial charge in [0.2, 0.25) is 0 Å². The predicted octanol–water partition coefficient (Wildman–Crippen LogP) is 4.21. The lowest BCUT2D eigenvalue weighted by Gasteiger charge is -2.28. The largest absolute Gasteiger partial charge is 0.490 e. The molecule has 30 heavy (non-hydrogen) atoms. The van der Waals surface area contributed by atoms with Crippen molar-refractivity contribution in [2.75, 3.05) is 55.1 Å². The van der Waals surface area contributed by atoms with Crippen molar-refractivity contribution in [3.63, 3.8) is 0 Å². The van der Waals surface area contributed by atoms with Gasteiger partial charge in [-0.15, -0.1) is 24.0 Å². The van der Waals surface area contributed by atoms with Crippen molar-refractivity contribution in [3.05, 3.63) is 48.0 Å². The summed E-state index contributed by atoms with van der Waals surface area (Å²) in [6, 6.07) is 14.7. The summed E-state index contributed by atoms with van der Waals surface area (Å²) in [7, 11) is 1.77. The third-order valence-corrected chi connectivity index (χ3v) is 5.95. The average molecular weight is 540 g/mol. The first kappa shape index (κ1) is 22.9. The Morgan fingerprint density at radius 1 is 1.03 bits per heavy atom. The summed E-state index contributed by atoms with van der Waals surface area (Å²) < 4.78 is 11.5. The number of nitrogens with zero attached hydrogens (tertiary/aromatic N) is 2. The Bertz CT molecular complexity index is 842. The van der Waals surface area contributed by atoms with Crippen molar-refractivity contribution < 1.29 is 9.47 Å². The van der Waals surface area contributed by atoms with Crippen molar-refractivity contribution >= 4 is 53.1 Å². The highest BCUT2D eigenvalue weighted by Gasteiger charge is 2.12. The molecule has 0 amide bonds. The molecule has 0 radical (unpaired) electrons. The van der Waals surface area contributed by atoms with Gasteiger partial charge in [-0.1, -0.05) is 12.1 Å². The molecule has 0 unspecified atom stereocenters. The first-order valence-corrected chi connectivity index (χ1v) is 11.3. The molecule has 1 saturated heterocycles. The van der Waals surface area contributed by atoms with E-state index in [0.29, 0.717) is 19.8 Å². The van der Waals surface area contributed by atoms with Gasteiger partial charge in [0, 0.05) is 62.0 Å². The first-order chi connectivity index (χ1) is 14.3. The van der Waals surface area contributed by atoms with E-state index in [1.807, 2.05) is 30.0 Å². The maximum absolute atomic E-state index is 5.76. The van der Waals surface area contributed by atoms with Crippen LogP contribution in [0.5, 0.6) is 11.5 Å². The monoisotopic (exact) mass is 540 g/mol. The number of benzene rings is 2. The minimum absolute atomic E-state index is 0. The highest BCUT2D eigenvalue weighted by molar-refractivity contribution is 14.0. The smallest absolute Gasteiger partial charge is 0.195 e. The maximum atomic E-state index is 5.76. The fourth-order valence-electron chi connectivity index (χ4n) is 3.39. The van der Waals surface area contributed by atoms with Crippen LogP contribution in [-0.4, -0.2) is 50.8 Å². The second kappa shape index (κ2) is 11.5. The fourth-order valence-corrected chi connectivity index (χ4v) is 4.29. The van der Waals surface area contributed by atoms with Gasteiger partial charge in [-0.2, -0.15) is 11.8 Å². The lowest BCUT2D eigenvalue weighted by Crippen LogP contribution is -2.32. The molecule has 0 spiro atoms. The Morgan fingerprint density at radius 2 is 1.77 bits per heavy atom. The summed E-state index contributed by atoms with van der Waals surface area (Å²) in [5, 5.41) is 6.70. The Hall–Kier alpha value is -1.81. The molecule has 2 aromatic rings. The standard InChI is InChI=1S/C22H28N4O2S.HI/c1-23-22(25-18-5-8-20-21(15-18)28-12-2-11-27-20)24-16-17-3-6-19(7-4-17)26-9-13-29-14-10-26;/h3-8,15H,2,9-14,16H2,1H3,(H2,23,24,25);1H. The number of rotatable bonds is 4. The number of ether oxygens (including phenoxy) is 2. The van der Waals surface area contributed by atoms with Gasteiger partial charge in [0.15, 0.2) is 17.5 Å². The predicted molar refractivity (Wildman–Crippen MR) is 137 cm³/mol. The van der Waals surface area contributed by atoms with E-state index < -0.39 is 0 Å². The van der Waals surface area contributed by atoms with Crippen molar-refractivity contribution in [2.45, 2.75) is 13.0 Å². The molecule has 0 aliphatic carbocycles. The number of fused-ring (bicyclic) bond motifs is 1. The molecule has 8 heteroatoms. The van der Waals surface area contributed by atoms with Gasteiger partial charge in [-0.05, 0) is 29.8 Å². The minimum atomic E-state index is 0. The molecular weight excluding hydrogens is 511 g/mol. The molecule has 0 atom stereocenters. The van der Waals surface area contributed by atoms with E-state index in [1.165, 1.54) is 22.8 Å². The number of nitrogens with one attached hydrogen (secondary N) is 2. The number of aliphatic imine (C=N–C) groups is 1. The summed E-state index contributed by atoms with van der Waals surface area (Å²) in [6.07, 6.45) is 0.899. The molecule has 4 rings (SSSR count). The molecule has 6 nitrogen and oxygen atoms in total. The van der Waals surface area contributed by atoms with Crippen LogP contribution < -0.4 is 25.0 Å². The molecule has 2 aliphatic heterocycles. The van der Waals surface area contributed by atoms with Gasteiger partial charge < -0.3 is 25.0 Å². The average Bonchev–Trinajstić information content (AvgIpc) is 3.02. The molecule has 2 aliphatic rings. The minimum Gasteiger partial charge on any atom is -0.490 e. The van der Waals surface area contributed by atoms with Gasteiger partial charge in [0.25, 0.3) is 0 Å². The molecule has 0 aromatic heterocycles. The maximum Gasteiger partial charge on any atom is 0.195 e. The number of anilines is 2. The number of guanidine groups is 1. The van der Waals surface area contributed by atoms with E-state index in [0.717, 1.165) is 42.7 Å². The lowest BCUT2D eigenvalue weighted by atomic mass is 10.2. The van der Waals surface area contributed by atoms with E-state index in [9.17, 15) is 0 Å². The van der Waals surface area contributed by atoms with Gasteiger partial charge in [0.1, 0.15) is 0 Å². The molecule has 2 N–H and O–H groups in total. The zero-order valence-corrected chi connectivity index (χ0v) is 20.4. The number of halogens is 1. The zero-order chi connectivity index (χ0) is 19.9. The second-order valence-corrected chi connectivity index (χ2v) is 8.25. The van der Waals surface area contributed by atoms with Crippen molar-refractivity contribution in [3.8, 4) is 11.5 Å². The molecule has 0 saturated carbocycles. The third-order valence-electron chi connectivity index (χ3n) is 5.01. The normalized spacial score (nSPS) is 16.3. The second-order valence-electron chi connectivity index (χ2n) is 7.03. The van der Waals surface area contributed by atoms with Crippen LogP contribution in [0, 0.1) is 0 Å². The van der Waals surface area contributed by atoms with Crippen molar-refractivity contribution in [2.24, 2.45) is 4.99 Å². The first-order valence-electron chi connectivity index (χ1n) is 10.1. The molecule has 162 valence electrons. The van der Waals surface area contributed by atoms with Crippen LogP contribution in [0.1, 0.15) is 12.0 Å². The Labute approximate surface area is 199 Å². The van der Waals surface area contributed by atoms with E-state index >= 15 is 0 Å². The van der Waals surface area contributed by atoms with Crippen LogP contribution in [0.25, 0.3) is 0 Å².